The highest BCUT2D eigenvalue weighted by atomic mass is 32.2. The van der Waals surface area contributed by atoms with Crippen molar-refractivity contribution in [1.29, 1.82) is 0 Å². The number of sulfone groups is 1. The molecule has 3 aromatic rings. The molecule has 4 rings (SSSR count). The molecule has 0 aliphatic heterocycles. The highest BCUT2D eigenvalue weighted by Gasteiger charge is 2.31. The van der Waals surface area contributed by atoms with Crippen LogP contribution in [0.3, 0.4) is 0 Å². The molecule has 0 spiro atoms. The van der Waals surface area contributed by atoms with E-state index in [1.807, 2.05) is 30.3 Å². The van der Waals surface area contributed by atoms with E-state index in [9.17, 15) is 26.4 Å². The molecular weight excluding hydrogens is 481 g/mol. The molecule has 0 unspecified atom stereocenters. The van der Waals surface area contributed by atoms with E-state index < -0.39 is 27.6 Å². The zero-order valence-corrected chi connectivity index (χ0v) is 19.3. The van der Waals surface area contributed by atoms with Crippen LogP contribution in [0.1, 0.15) is 24.0 Å². The van der Waals surface area contributed by atoms with E-state index >= 15 is 0 Å². The number of amides is 2. The molecule has 2 amide bonds. The van der Waals surface area contributed by atoms with Gasteiger partial charge in [0.05, 0.1) is 21.9 Å². The average Bonchev–Trinajstić information content (AvgIpc) is 3.62. The summed E-state index contributed by atoms with van der Waals surface area (Å²) in [5.41, 5.74) is -0.0310. The van der Waals surface area contributed by atoms with Crippen molar-refractivity contribution in [3.8, 4) is 5.75 Å². The number of carbonyl (C=O) groups excluding carboxylic acids is 1. The molecule has 0 heterocycles. The van der Waals surface area contributed by atoms with Crippen LogP contribution in [0.5, 0.6) is 5.75 Å². The third-order valence-electron chi connectivity index (χ3n) is 5.40. The van der Waals surface area contributed by atoms with Crippen molar-refractivity contribution in [3.63, 3.8) is 0 Å². The van der Waals surface area contributed by atoms with Gasteiger partial charge in [-0.25, -0.2) is 13.2 Å². The van der Waals surface area contributed by atoms with Gasteiger partial charge in [0.15, 0.2) is 9.84 Å². The van der Waals surface area contributed by atoms with Crippen LogP contribution in [0, 0.1) is 5.92 Å². The van der Waals surface area contributed by atoms with Crippen LogP contribution >= 0.6 is 0 Å². The van der Waals surface area contributed by atoms with Crippen molar-refractivity contribution in [2.45, 2.75) is 30.5 Å². The summed E-state index contributed by atoms with van der Waals surface area (Å²) in [6.07, 6.45) is -2.83. The zero-order valence-electron chi connectivity index (χ0n) is 18.5. The van der Waals surface area contributed by atoms with Gasteiger partial charge in [0.2, 0.25) is 0 Å². The molecule has 6 nitrogen and oxygen atoms in total. The van der Waals surface area contributed by atoms with Crippen molar-refractivity contribution in [2.75, 3.05) is 16.4 Å². The van der Waals surface area contributed by atoms with Gasteiger partial charge in [-0.3, -0.25) is 0 Å². The van der Waals surface area contributed by atoms with E-state index in [1.54, 1.807) is 0 Å². The minimum absolute atomic E-state index is 0.0209. The Hall–Kier alpha value is -3.53. The number of hydrogen-bond acceptors (Lipinski definition) is 4. The quantitative estimate of drug-likeness (QED) is 0.388. The van der Waals surface area contributed by atoms with E-state index in [0.717, 1.165) is 30.5 Å². The smallest absolute Gasteiger partial charge is 0.416 e. The summed E-state index contributed by atoms with van der Waals surface area (Å²) in [7, 11) is -3.57. The third kappa shape index (κ3) is 6.75. The number of halogens is 3. The summed E-state index contributed by atoms with van der Waals surface area (Å²) in [5, 5.41) is 4.86. The van der Waals surface area contributed by atoms with Crippen LogP contribution in [0.2, 0.25) is 0 Å². The lowest BCUT2D eigenvalue weighted by Gasteiger charge is -2.15. The zero-order chi connectivity index (χ0) is 25.1. The summed E-state index contributed by atoms with van der Waals surface area (Å²) in [5.74, 6) is 0.376. The molecule has 35 heavy (non-hydrogen) atoms. The lowest BCUT2D eigenvalue weighted by atomic mass is 10.2. The number of anilines is 2. The monoisotopic (exact) mass is 504 g/mol. The van der Waals surface area contributed by atoms with E-state index in [4.69, 9.17) is 4.74 Å². The summed E-state index contributed by atoms with van der Waals surface area (Å²) >= 11 is 0. The largest absolute Gasteiger partial charge is 0.487 e. The maximum Gasteiger partial charge on any atom is 0.416 e. The number of urea groups is 1. The minimum Gasteiger partial charge on any atom is -0.487 e. The number of carbonyl (C=O) groups is 1. The third-order valence-corrected chi connectivity index (χ3v) is 7.28. The number of alkyl halides is 3. The second-order valence-corrected chi connectivity index (χ2v) is 10.3. The summed E-state index contributed by atoms with van der Waals surface area (Å²) in [6, 6.07) is 16.8. The van der Waals surface area contributed by atoms with Crippen LogP contribution in [0.4, 0.5) is 29.3 Å². The normalized spacial score (nSPS) is 13.8. The fourth-order valence-electron chi connectivity index (χ4n) is 3.41. The Bertz CT molecular complexity index is 1310. The topological polar surface area (TPSA) is 84.5 Å². The molecule has 0 aromatic heterocycles. The first-order chi connectivity index (χ1) is 16.6. The Labute approximate surface area is 201 Å². The van der Waals surface area contributed by atoms with Crippen molar-refractivity contribution in [1.82, 2.24) is 0 Å². The number of benzene rings is 3. The van der Waals surface area contributed by atoms with Gasteiger partial charge in [0.25, 0.3) is 0 Å². The number of nitrogens with one attached hydrogen (secondary N) is 2. The molecule has 3 aromatic carbocycles. The summed E-state index contributed by atoms with van der Waals surface area (Å²) in [6.45, 7) is 0.166. The number of rotatable bonds is 8. The maximum atomic E-state index is 13.0. The fourth-order valence-corrected chi connectivity index (χ4v) is 5.13. The van der Waals surface area contributed by atoms with Gasteiger partial charge >= 0.3 is 12.2 Å². The Morgan fingerprint density at radius 2 is 1.69 bits per heavy atom. The molecule has 0 radical (unpaired) electrons. The lowest BCUT2D eigenvalue weighted by molar-refractivity contribution is -0.137. The summed E-state index contributed by atoms with van der Waals surface area (Å²) < 4.78 is 70.3. The van der Waals surface area contributed by atoms with Gasteiger partial charge in [-0.05, 0) is 60.7 Å². The van der Waals surface area contributed by atoms with Gasteiger partial charge in [-0.1, -0.05) is 36.4 Å². The van der Waals surface area contributed by atoms with Gasteiger partial charge < -0.3 is 15.4 Å². The van der Waals surface area contributed by atoms with Crippen molar-refractivity contribution >= 4 is 27.2 Å². The first-order valence-corrected chi connectivity index (χ1v) is 12.5. The number of hydrogen-bond donors (Lipinski definition) is 2. The van der Waals surface area contributed by atoms with Crippen LogP contribution in [0.15, 0.2) is 77.7 Å². The van der Waals surface area contributed by atoms with E-state index in [1.165, 1.54) is 30.3 Å². The Morgan fingerprint density at radius 1 is 0.943 bits per heavy atom. The molecule has 0 atom stereocenters. The van der Waals surface area contributed by atoms with Gasteiger partial charge in [-0.15, -0.1) is 0 Å². The second-order valence-electron chi connectivity index (χ2n) is 8.31. The predicted molar refractivity (Wildman–Crippen MR) is 126 cm³/mol. The molecule has 0 saturated heterocycles. The van der Waals surface area contributed by atoms with Crippen molar-refractivity contribution in [2.24, 2.45) is 5.92 Å². The molecule has 1 fully saturated rings. The SMILES string of the molecule is O=C(Nc1cccc(C(F)(F)F)c1)Nc1cc(S(=O)(=O)CC2CC2)ccc1OCc1ccccc1. The number of ether oxygens (including phenoxy) is 1. The molecule has 1 aliphatic rings. The Morgan fingerprint density at radius 3 is 2.37 bits per heavy atom. The molecule has 1 aliphatic carbocycles. The predicted octanol–water partition coefficient (Wildman–Crippen LogP) is 6.11. The molecule has 2 N–H and O–H groups in total. The first-order valence-electron chi connectivity index (χ1n) is 10.9. The van der Waals surface area contributed by atoms with Crippen molar-refractivity contribution in [3.05, 3.63) is 83.9 Å². The maximum absolute atomic E-state index is 13.0. The highest BCUT2D eigenvalue weighted by molar-refractivity contribution is 7.91. The second kappa shape index (κ2) is 9.99. The Kier molecular flexibility index (Phi) is 7.02. The minimum atomic E-state index is -4.56. The van der Waals surface area contributed by atoms with Crippen LogP contribution in [0.25, 0.3) is 0 Å². The molecular formula is C25H23F3N2O4S. The van der Waals surface area contributed by atoms with E-state index in [-0.39, 0.29) is 40.3 Å². The molecule has 184 valence electrons. The average molecular weight is 505 g/mol. The van der Waals surface area contributed by atoms with Gasteiger partial charge in [-0.2, -0.15) is 13.2 Å². The lowest BCUT2D eigenvalue weighted by Crippen LogP contribution is -2.21. The van der Waals surface area contributed by atoms with Crippen LogP contribution in [-0.4, -0.2) is 20.2 Å². The van der Waals surface area contributed by atoms with Crippen LogP contribution in [-0.2, 0) is 22.6 Å². The standard InChI is InChI=1S/C25H23F3N2O4S/c26-25(27,28)19-7-4-8-20(13-19)29-24(31)30-22-14-21(35(32,33)16-18-9-10-18)11-12-23(22)34-15-17-5-2-1-3-6-17/h1-8,11-14,18H,9-10,15-16H2,(H2,29,30,31). The van der Waals surface area contributed by atoms with E-state index in [0.29, 0.717) is 0 Å². The fraction of sp³-hybridized carbons (Fsp3) is 0.240. The van der Waals surface area contributed by atoms with Crippen molar-refractivity contribution < 1.29 is 31.1 Å². The molecule has 10 heteroatoms. The Balaban J connectivity index is 1.56. The molecule has 1 saturated carbocycles. The van der Waals surface area contributed by atoms with Gasteiger partial charge in [0, 0.05) is 5.69 Å². The van der Waals surface area contributed by atoms with Gasteiger partial charge in [0.1, 0.15) is 12.4 Å². The van der Waals surface area contributed by atoms with E-state index in [2.05, 4.69) is 10.6 Å². The summed E-state index contributed by atoms with van der Waals surface area (Å²) in [4.78, 5) is 12.6. The van der Waals surface area contributed by atoms with Crippen LogP contribution < -0.4 is 15.4 Å². The molecule has 0 bridgehead atoms. The first kappa shape index (κ1) is 24.6. The highest BCUT2D eigenvalue weighted by Crippen LogP contribution is 2.35.